The number of aryl methyl sites for hydroxylation is 1. The van der Waals surface area contributed by atoms with Gasteiger partial charge in [-0.25, -0.2) is 0 Å². The van der Waals surface area contributed by atoms with Gasteiger partial charge in [0.15, 0.2) is 5.78 Å². The first kappa shape index (κ1) is 16.0. The molecule has 0 aliphatic rings. The second kappa shape index (κ2) is 6.15. The smallest absolute Gasteiger partial charge is 0.252 e. The van der Waals surface area contributed by atoms with Gasteiger partial charge in [-0.2, -0.15) is 0 Å². The minimum absolute atomic E-state index is 0.0228. The van der Waals surface area contributed by atoms with Gasteiger partial charge >= 0.3 is 0 Å². The zero-order valence-electron chi connectivity index (χ0n) is 12.8. The molecule has 1 unspecified atom stereocenters. The Morgan fingerprint density at radius 3 is 2.36 bits per heavy atom. The molecule has 0 saturated carbocycles. The molecule has 2 N–H and O–H groups in total. The van der Waals surface area contributed by atoms with Crippen LogP contribution in [0.5, 0.6) is 0 Å². The summed E-state index contributed by atoms with van der Waals surface area (Å²) in [7, 11) is 0. The SMILES string of the molecule is CC(=O)c1ccccc1C(=O)NCC(C)(O)c1ccc(C)o1. The molecule has 0 bridgehead atoms. The van der Waals surface area contributed by atoms with E-state index in [0.29, 0.717) is 22.6 Å². The number of carbonyl (C=O) groups excluding carboxylic acids is 2. The van der Waals surface area contributed by atoms with E-state index in [2.05, 4.69) is 5.32 Å². The maximum atomic E-state index is 12.2. The molecule has 0 aliphatic heterocycles. The number of nitrogens with one attached hydrogen (secondary N) is 1. The molecule has 2 rings (SSSR count). The molecule has 0 aliphatic carbocycles. The topological polar surface area (TPSA) is 79.5 Å². The van der Waals surface area contributed by atoms with Gasteiger partial charge < -0.3 is 14.8 Å². The van der Waals surface area contributed by atoms with Crippen molar-refractivity contribution in [2.75, 3.05) is 6.54 Å². The number of furan rings is 1. The highest BCUT2D eigenvalue weighted by molar-refractivity contribution is 6.07. The molecule has 22 heavy (non-hydrogen) atoms. The molecule has 5 nitrogen and oxygen atoms in total. The Morgan fingerprint density at radius 2 is 1.82 bits per heavy atom. The minimum atomic E-state index is -1.32. The number of Topliss-reactive ketones (excluding diaryl/α,β-unsaturated/α-hetero) is 1. The van der Waals surface area contributed by atoms with Crippen molar-refractivity contribution in [1.29, 1.82) is 0 Å². The summed E-state index contributed by atoms with van der Waals surface area (Å²) in [5.41, 5.74) is -0.676. The zero-order chi connectivity index (χ0) is 16.3. The van der Waals surface area contributed by atoms with Crippen LogP contribution < -0.4 is 5.32 Å². The van der Waals surface area contributed by atoms with Crippen LogP contribution in [0.3, 0.4) is 0 Å². The van der Waals surface area contributed by atoms with Gasteiger partial charge in [0.05, 0.1) is 12.1 Å². The minimum Gasteiger partial charge on any atom is -0.463 e. The number of amides is 1. The van der Waals surface area contributed by atoms with Crippen LogP contribution in [0.2, 0.25) is 0 Å². The summed E-state index contributed by atoms with van der Waals surface area (Å²) in [5, 5.41) is 13.0. The van der Waals surface area contributed by atoms with E-state index in [9.17, 15) is 14.7 Å². The Labute approximate surface area is 129 Å². The van der Waals surface area contributed by atoms with E-state index in [1.165, 1.54) is 6.92 Å². The predicted molar refractivity (Wildman–Crippen MR) is 81.8 cm³/mol. The molecule has 1 heterocycles. The maximum Gasteiger partial charge on any atom is 0.252 e. The van der Waals surface area contributed by atoms with Gasteiger partial charge in [0.25, 0.3) is 5.91 Å². The lowest BCUT2D eigenvalue weighted by atomic mass is 10.0. The average molecular weight is 301 g/mol. The zero-order valence-corrected chi connectivity index (χ0v) is 12.8. The lowest BCUT2D eigenvalue weighted by Crippen LogP contribution is -2.38. The number of ketones is 1. The van der Waals surface area contributed by atoms with E-state index in [0.717, 1.165) is 0 Å². The summed E-state index contributed by atoms with van der Waals surface area (Å²) < 4.78 is 5.39. The van der Waals surface area contributed by atoms with Crippen LogP contribution >= 0.6 is 0 Å². The number of carbonyl (C=O) groups is 2. The third-order valence-electron chi connectivity index (χ3n) is 3.42. The van der Waals surface area contributed by atoms with Crippen molar-refractivity contribution in [2.24, 2.45) is 0 Å². The summed E-state index contributed by atoms with van der Waals surface area (Å²) in [6, 6.07) is 10.00. The first-order valence-corrected chi connectivity index (χ1v) is 6.99. The van der Waals surface area contributed by atoms with Crippen LogP contribution in [0.4, 0.5) is 0 Å². The van der Waals surface area contributed by atoms with Gasteiger partial charge in [-0.1, -0.05) is 18.2 Å². The summed E-state index contributed by atoms with van der Waals surface area (Å²) >= 11 is 0. The van der Waals surface area contributed by atoms with Crippen molar-refractivity contribution >= 4 is 11.7 Å². The van der Waals surface area contributed by atoms with E-state index in [1.54, 1.807) is 50.2 Å². The van der Waals surface area contributed by atoms with Crippen molar-refractivity contribution in [2.45, 2.75) is 26.4 Å². The quantitative estimate of drug-likeness (QED) is 0.831. The standard InChI is InChI=1S/C17H19NO4/c1-11-8-9-15(22-11)17(3,21)10-18-16(20)14-7-5-4-6-13(14)12(2)19/h4-9,21H,10H2,1-3H3,(H,18,20). The first-order valence-electron chi connectivity index (χ1n) is 6.99. The Balaban J connectivity index is 2.12. The number of aliphatic hydroxyl groups is 1. The van der Waals surface area contributed by atoms with Gasteiger partial charge in [-0.3, -0.25) is 9.59 Å². The molecule has 0 spiro atoms. The van der Waals surface area contributed by atoms with Crippen molar-refractivity contribution in [3.05, 3.63) is 59.0 Å². The fourth-order valence-corrected chi connectivity index (χ4v) is 2.15. The normalized spacial score (nSPS) is 13.5. The summed E-state index contributed by atoms with van der Waals surface area (Å²) in [5.74, 6) is 0.474. The van der Waals surface area contributed by atoms with Crippen molar-refractivity contribution in [1.82, 2.24) is 5.32 Å². The largest absolute Gasteiger partial charge is 0.463 e. The Hall–Kier alpha value is -2.40. The van der Waals surface area contributed by atoms with Crippen LogP contribution in [0, 0.1) is 6.92 Å². The molecule has 5 heteroatoms. The third-order valence-corrected chi connectivity index (χ3v) is 3.42. The highest BCUT2D eigenvalue weighted by Gasteiger charge is 2.28. The van der Waals surface area contributed by atoms with E-state index in [-0.39, 0.29) is 12.3 Å². The van der Waals surface area contributed by atoms with Crippen LogP contribution in [0.15, 0.2) is 40.8 Å². The fraction of sp³-hybridized carbons (Fsp3) is 0.294. The number of benzene rings is 1. The Morgan fingerprint density at radius 1 is 1.18 bits per heavy atom. The summed E-state index contributed by atoms with van der Waals surface area (Å²) in [6.45, 7) is 4.72. The monoisotopic (exact) mass is 301 g/mol. The fourth-order valence-electron chi connectivity index (χ4n) is 2.15. The van der Waals surface area contributed by atoms with Crippen LogP contribution in [0.1, 0.15) is 46.1 Å². The van der Waals surface area contributed by atoms with Crippen LogP contribution in [0.25, 0.3) is 0 Å². The molecule has 116 valence electrons. The van der Waals surface area contributed by atoms with Gasteiger partial charge in [-0.05, 0) is 39.0 Å². The maximum absolute atomic E-state index is 12.2. The van der Waals surface area contributed by atoms with Gasteiger partial charge in [0.1, 0.15) is 17.1 Å². The van der Waals surface area contributed by atoms with Gasteiger partial charge in [-0.15, -0.1) is 0 Å². The predicted octanol–water partition coefficient (Wildman–Crippen LogP) is 2.43. The average Bonchev–Trinajstić information content (AvgIpc) is 2.92. The van der Waals surface area contributed by atoms with E-state index in [1.807, 2.05) is 0 Å². The molecular formula is C17H19NO4. The number of hydrogen-bond donors (Lipinski definition) is 2. The van der Waals surface area contributed by atoms with Crippen LogP contribution in [-0.4, -0.2) is 23.3 Å². The van der Waals surface area contributed by atoms with Gasteiger partial charge in [0.2, 0.25) is 0 Å². The highest BCUT2D eigenvalue weighted by Crippen LogP contribution is 2.22. The first-order chi connectivity index (χ1) is 10.3. The van der Waals surface area contributed by atoms with Crippen molar-refractivity contribution in [3.8, 4) is 0 Å². The molecule has 0 fully saturated rings. The number of rotatable bonds is 5. The molecule has 1 atom stereocenters. The summed E-state index contributed by atoms with van der Waals surface area (Å²) in [6.07, 6.45) is 0. The van der Waals surface area contributed by atoms with Crippen LogP contribution in [-0.2, 0) is 5.60 Å². The van der Waals surface area contributed by atoms with Gasteiger partial charge in [0, 0.05) is 5.56 Å². The molecule has 0 radical (unpaired) electrons. The second-order valence-corrected chi connectivity index (χ2v) is 5.47. The van der Waals surface area contributed by atoms with E-state index >= 15 is 0 Å². The van der Waals surface area contributed by atoms with Crippen molar-refractivity contribution < 1.29 is 19.1 Å². The lowest BCUT2D eigenvalue weighted by molar-refractivity contribution is 0.0323. The Kier molecular flexibility index (Phi) is 4.47. The van der Waals surface area contributed by atoms with Crippen molar-refractivity contribution in [3.63, 3.8) is 0 Å². The molecular weight excluding hydrogens is 282 g/mol. The van der Waals surface area contributed by atoms with E-state index < -0.39 is 11.5 Å². The molecule has 1 amide bonds. The number of hydrogen-bond acceptors (Lipinski definition) is 4. The molecule has 1 aromatic carbocycles. The molecule has 2 aromatic rings. The highest BCUT2D eigenvalue weighted by atomic mass is 16.4. The second-order valence-electron chi connectivity index (χ2n) is 5.47. The summed E-state index contributed by atoms with van der Waals surface area (Å²) in [4.78, 5) is 23.8. The molecule has 1 aromatic heterocycles. The molecule has 0 saturated heterocycles. The third kappa shape index (κ3) is 3.43. The Bertz CT molecular complexity index is 700. The lowest BCUT2D eigenvalue weighted by Gasteiger charge is -2.21. The van der Waals surface area contributed by atoms with E-state index in [4.69, 9.17) is 4.42 Å².